The lowest BCUT2D eigenvalue weighted by Gasteiger charge is -2.09. The number of anilines is 2. The molecule has 0 fully saturated rings. The zero-order valence-corrected chi connectivity index (χ0v) is 13.8. The van der Waals surface area contributed by atoms with Gasteiger partial charge in [0, 0.05) is 20.2 Å². The van der Waals surface area contributed by atoms with E-state index in [0.717, 1.165) is 19.4 Å². The van der Waals surface area contributed by atoms with Crippen LogP contribution in [-0.4, -0.2) is 63.2 Å². The summed E-state index contributed by atoms with van der Waals surface area (Å²) < 4.78 is 4.94. The number of methoxy groups -OCH3 is 1. The molecule has 0 saturated carbocycles. The third-order valence-corrected chi connectivity index (χ3v) is 3.79. The first-order chi connectivity index (χ1) is 10.0. The number of nitrogens with zero attached hydrogens (tertiary/aromatic N) is 2. The van der Waals surface area contributed by atoms with Gasteiger partial charge in [-0.15, -0.1) is 0 Å². The summed E-state index contributed by atoms with van der Waals surface area (Å²) in [7, 11) is 5.70. The number of ether oxygens (including phenoxy) is 1. The maximum Gasteiger partial charge on any atom is 0.265 e. The zero-order valence-electron chi connectivity index (χ0n) is 12.9. The minimum Gasteiger partial charge on any atom is -0.383 e. The third-order valence-electron chi connectivity index (χ3n) is 2.76. The van der Waals surface area contributed by atoms with Crippen LogP contribution in [0.25, 0.3) is 0 Å². The number of amides is 1. The Morgan fingerprint density at radius 3 is 2.81 bits per heavy atom. The van der Waals surface area contributed by atoms with E-state index in [-0.39, 0.29) is 11.7 Å². The Hall–Kier alpha value is -1.38. The van der Waals surface area contributed by atoms with Crippen LogP contribution in [0.5, 0.6) is 0 Å². The van der Waals surface area contributed by atoms with Crippen molar-refractivity contribution in [1.29, 1.82) is 0 Å². The number of nitrogen functional groups attached to an aromatic ring is 1. The molecule has 7 nitrogen and oxygen atoms in total. The molecule has 0 unspecified atom stereocenters. The average Bonchev–Trinajstić information content (AvgIpc) is 2.79. The summed E-state index contributed by atoms with van der Waals surface area (Å²) in [5.74, 6) is 0.111. The largest absolute Gasteiger partial charge is 0.383 e. The molecule has 0 aliphatic carbocycles. The number of nitrogens with two attached hydrogens (primary N) is 1. The number of aromatic nitrogens is 1. The molecule has 21 heavy (non-hydrogen) atoms. The van der Waals surface area contributed by atoms with Crippen LogP contribution in [0.3, 0.4) is 0 Å². The van der Waals surface area contributed by atoms with Crippen molar-refractivity contribution in [3.05, 3.63) is 4.88 Å². The molecule has 0 aliphatic heterocycles. The van der Waals surface area contributed by atoms with Crippen molar-refractivity contribution < 1.29 is 9.53 Å². The van der Waals surface area contributed by atoms with Crippen LogP contribution in [0.4, 0.5) is 10.9 Å². The highest BCUT2D eigenvalue weighted by Crippen LogP contribution is 2.24. The van der Waals surface area contributed by atoms with Crippen molar-refractivity contribution in [2.75, 3.05) is 58.5 Å². The van der Waals surface area contributed by atoms with Gasteiger partial charge in [0.15, 0.2) is 5.13 Å². The van der Waals surface area contributed by atoms with Gasteiger partial charge in [-0.2, -0.15) is 0 Å². The molecule has 0 radical (unpaired) electrons. The number of nitrogens with one attached hydrogen (secondary N) is 2. The Kier molecular flexibility index (Phi) is 8.03. The fourth-order valence-electron chi connectivity index (χ4n) is 1.67. The smallest absolute Gasteiger partial charge is 0.265 e. The molecule has 0 aliphatic rings. The molecule has 1 heterocycles. The molecule has 4 N–H and O–H groups in total. The first kappa shape index (κ1) is 17.7. The van der Waals surface area contributed by atoms with Gasteiger partial charge in [0.2, 0.25) is 0 Å². The van der Waals surface area contributed by atoms with Gasteiger partial charge in [-0.05, 0) is 33.5 Å². The summed E-state index contributed by atoms with van der Waals surface area (Å²) in [5, 5.41) is 6.58. The molecular formula is C13H25N5O2S. The first-order valence-electron chi connectivity index (χ1n) is 6.96. The van der Waals surface area contributed by atoms with Crippen LogP contribution < -0.4 is 16.4 Å². The third kappa shape index (κ3) is 6.74. The van der Waals surface area contributed by atoms with Gasteiger partial charge in [0.05, 0.1) is 6.61 Å². The first-order valence-corrected chi connectivity index (χ1v) is 7.78. The van der Waals surface area contributed by atoms with E-state index in [0.29, 0.717) is 29.7 Å². The molecular weight excluding hydrogens is 290 g/mol. The summed E-state index contributed by atoms with van der Waals surface area (Å²) in [4.78, 5) is 18.7. The van der Waals surface area contributed by atoms with Gasteiger partial charge in [0.1, 0.15) is 10.7 Å². The van der Waals surface area contributed by atoms with Crippen molar-refractivity contribution in [3.63, 3.8) is 0 Å². The number of unbranched alkanes of at least 4 members (excludes halogenated alkanes) is 1. The molecule has 0 saturated heterocycles. The number of carbonyl (C=O) groups excluding carboxylic acids is 1. The minimum absolute atomic E-state index is 0.158. The number of thiazole rings is 1. The molecule has 0 bridgehead atoms. The molecule has 1 aromatic rings. The van der Waals surface area contributed by atoms with E-state index in [1.54, 1.807) is 7.11 Å². The Balaban J connectivity index is 2.36. The number of carbonyl (C=O) groups is 1. The van der Waals surface area contributed by atoms with Crippen LogP contribution in [0.2, 0.25) is 0 Å². The summed E-state index contributed by atoms with van der Waals surface area (Å²) in [6, 6.07) is 0. The highest BCUT2D eigenvalue weighted by Gasteiger charge is 2.15. The predicted octanol–water partition coefficient (Wildman–Crippen LogP) is 0.855. The predicted molar refractivity (Wildman–Crippen MR) is 87.0 cm³/mol. The van der Waals surface area contributed by atoms with E-state index in [4.69, 9.17) is 10.5 Å². The SMILES string of the molecule is COCCNc1nc(N)c(C(=O)NCCCCN(C)C)s1. The summed E-state index contributed by atoms with van der Waals surface area (Å²) >= 11 is 1.26. The lowest BCUT2D eigenvalue weighted by atomic mass is 10.3. The molecule has 1 rings (SSSR count). The highest BCUT2D eigenvalue weighted by molar-refractivity contribution is 7.18. The lowest BCUT2D eigenvalue weighted by molar-refractivity contribution is 0.0957. The normalized spacial score (nSPS) is 10.9. The lowest BCUT2D eigenvalue weighted by Crippen LogP contribution is -2.25. The van der Waals surface area contributed by atoms with E-state index >= 15 is 0 Å². The van der Waals surface area contributed by atoms with Crippen molar-refractivity contribution >= 4 is 28.2 Å². The van der Waals surface area contributed by atoms with Crippen LogP contribution in [-0.2, 0) is 4.74 Å². The Morgan fingerprint density at radius 1 is 1.38 bits per heavy atom. The van der Waals surface area contributed by atoms with Crippen molar-refractivity contribution in [3.8, 4) is 0 Å². The van der Waals surface area contributed by atoms with E-state index in [2.05, 4.69) is 20.5 Å². The standard InChI is InChI=1S/C13H25N5O2S/c1-18(2)8-5-4-6-15-12(19)10-11(14)17-13(21-10)16-7-9-20-3/h4-9,14H2,1-3H3,(H,15,19)(H,16,17). The van der Waals surface area contributed by atoms with Crippen molar-refractivity contribution in [1.82, 2.24) is 15.2 Å². The van der Waals surface area contributed by atoms with E-state index < -0.39 is 0 Å². The highest BCUT2D eigenvalue weighted by atomic mass is 32.1. The number of hydrogen-bond donors (Lipinski definition) is 3. The maximum absolute atomic E-state index is 12.0. The molecule has 1 aromatic heterocycles. The minimum atomic E-state index is -0.158. The maximum atomic E-state index is 12.0. The number of rotatable bonds is 10. The molecule has 1 amide bonds. The van der Waals surface area contributed by atoms with Gasteiger partial charge in [-0.25, -0.2) is 4.98 Å². The number of hydrogen-bond acceptors (Lipinski definition) is 7. The summed E-state index contributed by atoms with van der Waals surface area (Å²) in [6.45, 7) is 2.88. The Morgan fingerprint density at radius 2 is 2.14 bits per heavy atom. The van der Waals surface area contributed by atoms with E-state index in [1.165, 1.54) is 11.3 Å². The summed E-state index contributed by atoms with van der Waals surface area (Å²) in [5.41, 5.74) is 5.78. The van der Waals surface area contributed by atoms with Gasteiger partial charge in [-0.1, -0.05) is 11.3 Å². The molecule has 8 heteroatoms. The van der Waals surface area contributed by atoms with E-state index in [1.807, 2.05) is 14.1 Å². The van der Waals surface area contributed by atoms with Gasteiger partial charge in [0.25, 0.3) is 5.91 Å². The second-order valence-electron chi connectivity index (χ2n) is 4.92. The molecule has 0 atom stereocenters. The van der Waals surface area contributed by atoms with Gasteiger partial charge in [-0.3, -0.25) is 4.79 Å². The van der Waals surface area contributed by atoms with Crippen molar-refractivity contribution in [2.45, 2.75) is 12.8 Å². The molecule has 0 aromatic carbocycles. The summed E-state index contributed by atoms with van der Waals surface area (Å²) in [6.07, 6.45) is 2.00. The van der Waals surface area contributed by atoms with Crippen LogP contribution >= 0.6 is 11.3 Å². The topological polar surface area (TPSA) is 92.5 Å². The van der Waals surface area contributed by atoms with E-state index in [9.17, 15) is 4.79 Å². The second kappa shape index (κ2) is 9.54. The average molecular weight is 315 g/mol. The van der Waals surface area contributed by atoms with Crippen LogP contribution in [0.1, 0.15) is 22.5 Å². The Labute approximate surface area is 129 Å². The zero-order chi connectivity index (χ0) is 15.7. The van der Waals surface area contributed by atoms with Gasteiger partial charge < -0.3 is 26.0 Å². The fraction of sp³-hybridized carbons (Fsp3) is 0.692. The fourth-order valence-corrected chi connectivity index (χ4v) is 2.49. The van der Waals surface area contributed by atoms with Crippen LogP contribution in [0, 0.1) is 0 Å². The molecule has 0 spiro atoms. The van der Waals surface area contributed by atoms with Gasteiger partial charge >= 0.3 is 0 Å². The van der Waals surface area contributed by atoms with Crippen LogP contribution in [0.15, 0.2) is 0 Å². The molecule has 120 valence electrons. The Bertz CT molecular complexity index is 436. The van der Waals surface area contributed by atoms with Crippen molar-refractivity contribution in [2.24, 2.45) is 0 Å². The monoisotopic (exact) mass is 315 g/mol. The second-order valence-corrected chi connectivity index (χ2v) is 5.92. The quantitative estimate of drug-likeness (QED) is 0.555.